The van der Waals surface area contributed by atoms with Crippen LogP contribution in [0.15, 0.2) is 46.1 Å². The second-order valence-corrected chi connectivity index (χ2v) is 8.60. The van der Waals surface area contributed by atoms with Crippen molar-refractivity contribution in [1.82, 2.24) is 9.78 Å². The Morgan fingerprint density at radius 1 is 1.14 bits per heavy atom. The fraction of sp³-hybridized carbons (Fsp3) is 0.278. The van der Waals surface area contributed by atoms with Crippen molar-refractivity contribution in [2.45, 2.75) is 31.5 Å². The van der Waals surface area contributed by atoms with E-state index in [0.717, 1.165) is 6.07 Å². The highest BCUT2D eigenvalue weighted by molar-refractivity contribution is 7.92. The second-order valence-electron chi connectivity index (χ2n) is 6.92. The van der Waals surface area contributed by atoms with Gasteiger partial charge in [0.1, 0.15) is 5.82 Å². The van der Waals surface area contributed by atoms with E-state index in [1.165, 1.54) is 18.2 Å². The first-order valence-corrected chi connectivity index (χ1v) is 9.99. The lowest BCUT2D eigenvalue weighted by Gasteiger charge is -2.12. The van der Waals surface area contributed by atoms with Gasteiger partial charge in [0.15, 0.2) is 0 Å². The van der Waals surface area contributed by atoms with E-state index in [9.17, 15) is 30.8 Å². The molecule has 0 aliphatic carbocycles. The van der Waals surface area contributed by atoms with Gasteiger partial charge in [-0.3, -0.25) is 19.3 Å². The minimum atomic E-state index is -5.04. The van der Waals surface area contributed by atoms with Crippen LogP contribution >= 0.6 is 0 Å². The van der Waals surface area contributed by atoms with E-state index in [-0.39, 0.29) is 23.1 Å². The smallest absolute Gasteiger partial charge is 0.284 e. The molecule has 1 heterocycles. The molecular formula is C18H17F4N3O3S. The monoisotopic (exact) mass is 431 g/mol. The molecule has 3 rings (SSSR count). The highest BCUT2D eigenvalue weighted by atomic mass is 32.2. The number of H-pyrrole nitrogens is 1. The van der Waals surface area contributed by atoms with E-state index in [4.69, 9.17) is 0 Å². The molecule has 0 saturated heterocycles. The number of aromatic nitrogens is 2. The zero-order valence-corrected chi connectivity index (χ0v) is 16.2. The SMILES string of the molecule is CC(C)Cn1[nH]c(=O)c2cc(NS(=O)(=O)c3ccc(F)c(C(F)(F)F)c3)ccc21. The Morgan fingerprint density at radius 2 is 1.83 bits per heavy atom. The van der Waals surface area contributed by atoms with Gasteiger partial charge in [-0.25, -0.2) is 12.8 Å². The van der Waals surface area contributed by atoms with E-state index in [2.05, 4.69) is 9.82 Å². The van der Waals surface area contributed by atoms with Crippen LogP contribution in [0, 0.1) is 11.7 Å². The molecule has 2 aromatic carbocycles. The van der Waals surface area contributed by atoms with Crippen LogP contribution in [0.2, 0.25) is 0 Å². The van der Waals surface area contributed by atoms with Crippen molar-refractivity contribution < 1.29 is 26.0 Å². The van der Waals surface area contributed by atoms with Crippen LogP contribution in [0.4, 0.5) is 23.2 Å². The maximum absolute atomic E-state index is 13.4. The highest BCUT2D eigenvalue weighted by Gasteiger charge is 2.35. The van der Waals surface area contributed by atoms with Crippen LogP contribution in [-0.4, -0.2) is 18.2 Å². The predicted molar refractivity (Wildman–Crippen MR) is 99.6 cm³/mol. The molecule has 2 N–H and O–H groups in total. The first kappa shape index (κ1) is 20.9. The Balaban J connectivity index is 1.98. The molecule has 11 heteroatoms. The van der Waals surface area contributed by atoms with Crippen LogP contribution in [-0.2, 0) is 22.7 Å². The Bertz CT molecular complexity index is 1230. The van der Waals surface area contributed by atoms with Crippen LogP contribution in [0.5, 0.6) is 0 Å². The lowest BCUT2D eigenvalue weighted by molar-refractivity contribution is -0.140. The summed E-state index contributed by atoms with van der Waals surface area (Å²) in [5.74, 6) is -1.32. The zero-order valence-electron chi connectivity index (χ0n) is 15.3. The van der Waals surface area contributed by atoms with Crippen LogP contribution in [0.25, 0.3) is 10.9 Å². The van der Waals surface area contributed by atoms with Gasteiger partial charge >= 0.3 is 6.18 Å². The van der Waals surface area contributed by atoms with E-state index >= 15 is 0 Å². The summed E-state index contributed by atoms with van der Waals surface area (Å²) in [5, 5.41) is 2.88. The Kier molecular flexibility index (Phi) is 5.20. The Hall–Kier alpha value is -2.82. The normalized spacial score (nSPS) is 12.7. The number of alkyl halides is 3. The lowest BCUT2D eigenvalue weighted by Crippen LogP contribution is -2.16. The van der Waals surface area contributed by atoms with Crippen LogP contribution in [0.1, 0.15) is 19.4 Å². The van der Waals surface area contributed by atoms with Crippen molar-refractivity contribution >= 4 is 26.6 Å². The van der Waals surface area contributed by atoms with Gasteiger partial charge in [0.05, 0.1) is 21.4 Å². The summed E-state index contributed by atoms with van der Waals surface area (Å²) >= 11 is 0. The van der Waals surface area contributed by atoms with Gasteiger partial charge < -0.3 is 0 Å². The van der Waals surface area contributed by atoms with Crippen molar-refractivity contribution in [3.63, 3.8) is 0 Å². The summed E-state index contributed by atoms with van der Waals surface area (Å²) in [5.41, 5.74) is -1.56. The fourth-order valence-electron chi connectivity index (χ4n) is 2.87. The van der Waals surface area contributed by atoms with Gasteiger partial charge in [0.25, 0.3) is 15.6 Å². The van der Waals surface area contributed by atoms with Gasteiger partial charge in [-0.2, -0.15) is 13.2 Å². The van der Waals surface area contributed by atoms with Crippen molar-refractivity contribution in [2.24, 2.45) is 5.92 Å². The first-order chi connectivity index (χ1) is 13.4. The summed E-state index contributed by atoms with van der Waals surface area (Å²) in [6.07, 6.45) is -5.04. The molecule has 1 aromatic heterocycles. The molecule has 0 aliphatic rings. The maximum Gasteiger partial charge on any atom is 0.419 e. The summed E-state index contributed by atoms with van der Waals surface area (Å²) in [7, 11) is -4.44. The fourth-order valence-corrected chi connectivity index (χ4v) is 3.95. The molecule has 0 aliphatic heterocycles. The van der Waals surface area contributed by atoms with E-state index in [1.807, 2.05) is 13.8 Å². The molecule has 29 heavy (non-hydrogen) atoms. The minimum absolute atomic E-state index is 0.0109. The molecule has 0 saturated carbocycles. The molecule has 156 valence electrons. The zero-order chi connectivity index (χ0) is 21.6. The molecule has 0 fully saturated rings. The van der Waals surface area contributed by atoms with E-state index in [1.54, 1.807) is 4.68 Å². The predicted octanol–water partition coefficient (Wildman–Crippen LogP) is 3.94. The second kappa shape index (κ2) is 7.21. The molecule has 3 aromatic rings. The first-order valence-electron chi connectivity index (χ1n) is 8.50. The summed E-state index contributed by atoms with van der Waals surface area (Å²) in [6.45, 7) is 4.47. The third-order valence-electron chi connectivity index (χ3n) is 4.12. The summed E-state index contributed by atoms with van der Waals surface area (Å²) in [6, 6.07) is 5.60. The molecular weight excluding hydrogens is 414 g/mol. The topological polar surface area (TPSA) is 84.0 Å². The van der Waals surface area contributed by atoms with E-state index < -0.39 is 38.0 Å². The third-order valence-corrected chi connectivity index (χ3v) is 5.50. The van der Waals surface area contributed by atoms with Gasteiger partial charge in [-0.05, 0) is 42.3 Å². The van der Waals surface area contributed by atoms with Crippen LogP contribution < -0.4 is 10.3 Å². The molecule has 0 spiro atoms. The minimum Gasteiger partial charge on any atom is -0.284 e. The maximum atomic E-state index is 13.4. The van der Waals surface area contributed by atoms with Crippen molar-refractivity contribution in [1.29, 1.82) is 0 Å². The lowest BCUT2D eigenvalue weighted by atomic mass is 10.2. The molecule has 6 nitrogen and oxygen atoms in total. The van der Waals surface area contributed by atoms with Crippen molar-refractivity contribution in [3.05, 3.63) is 58.1 Å². The van der Waals surface area contributed by atoms with Gasteiger partial charge in [0.2, 0.25) is 0 Å². The number of benzene rings is 2. The number of aromatic amines is 1. The average molecular weight is 431 g/mol. The number of halogens is 4. The molecule has 0 radical (unpaired) electrons. The van der Waals surface area contributed by atoms with Crippen molar-refractivity contribution in [3.8, 4) is 0 Å². The van der Waals surface area contributed by atoms with Gasteiger partial charge in [0, 0.05) is 12.2 Å². The molecule has 0 unspecified atom stereocenters. The molecule has 0 amide bonds. The quantitative estimate of drug-likeness (QED) is 0.600. The number of hydrogen-bond acceptors (Lipinski definition) is 3. The van der Waals surface area contributed by atoms with Crippen molar-refractivity contribution in [2.75, 3.05) is 4.72 Å². The average Bonchev–Trinajstić information content (AvgIpc) is 2.88. The number of nitrogens with zero attached hydrogens (tertiary/aromatic N) is 1. The van der Waals surface area contributed by atoms with Gasteiger partial charge in [-0.1, -0.05) is 13.8 Å². The number of fused-ring (bicyclic) bond motifs is 1. The number of rotatable bonds is 5. The number of hydrogen-bond donors (Lipinski definition) is 2. The summed E-state index contributed by atoms with van der Waals surface area (Å²) in [4.78, 5) is 11.4. The molecule has 0 atom stereocenters. The van der Waals surface area contributed by atoms with Gasteiger partial charge in [-0.15, -0.1) is 0 Å². The highest BCUT2D eigenvalue weighted by Crippen LogP contribution is 2.33. The standard InChI is InChI=1S/C18H17F4N3O3S/c1-10(2)9-25-16-6-3-11(7-13(16)17(26)23-25)24-29(27,28)12-4-5-15(19)14(8-12)18(20,21)22/h3-8,10,24H,9H2,1-2H3,(H,23,26). The van der Waals surface area contributed by atoms with E-state index in [0.29, 0.717) is 18.1 Å². The third kappa shape index (κ3) is 4.29. The largest absolute Gasteiger partial charge is 0.419 e. The number of nitrogens with one attached hydrogen (secondary N) is 2. The molecule has 0 bridgehead atoms. The Labute approximate surface area is 163 Å². The summed E-state index contributed by atoms with van der Waals surface area (Å²) < 4.78 is 80.7. The number of anilines is 1. The van der Waals surface area contributed by atoms with Crippen LogP contribution in [0.3, 0.4) is 0 Å². The number of sulfonamides is 1. The Morgan fingerprint density at radius 3 is 2.45 bits per heavy atom.